The number of amides is 2. The fourth-order valence-electron chi connectivity index (χ4n) is 2.42. The first kappa shape index (κ1) is 14.1. The van der Waals surface area contributed by atoms with E-state index in [-0.39, 0.29) is 12.1 Å². The van der Waals surface area contributed by atoms with E-state index < -0.39 is 0 Å². The monoisotopic (exact) mass is 301 g/mol. The van der Waals surface area contributed by atoms with Crippen LogP contribution in [-0.4, -0.2) is 17.1 Å². The Morgan fingerprint density at radius 2 is 2.14 bits per heavy atom. The molecule has 3 rings (SSSR count). The Morgan fingerprint density at radius 1 is 1.33 bits per heavy atom. The summed E-state index contributed by atoms with van der Waals surface area (Å²) in [5.41, 5.74) is 1.27. The van der Waals surface area contributed by atoms with Crippen LogP contribution < -0.4 is 10.6 Å². The van der Waals surface area contributed by atoms with Crippen LogP contribution in [0.5, 0.6) is 0 Å². The van der Waals surface area contributed by atoms with E-state index in [0.29, 0.717) is 12.5 Å². The fourth-order valence-corrected chi connectivity index (χ4v) is 2.97. The van der Waals surface area contributed by atoms with Crippen LogP contribution in [0, 0.1) is 5.92 Å². The molecule has 0 spiro atoms. The quantitative estimate of drug-likeness (QED) is 0.862. The first-order valence-corrected chi connectivity index (χ1v) is 8.16. The number of nitrogens with one attached hydrogen (secondary N) is 2. The molecular weight excluding hydrogens is 282 g/mol. The van der Waals surface area contributed by atoms with Gasteiger partial charge in [-0.1, -0.05) is 30.3 Å². The van der Waals surface area contributed by atoms with Crippen molar-refractivity contribution in [2.45, 2.75) is 31.8 Å². The van der Waals surface area contributed by atoms with Crippen molar-refractivity contribution in [1.29, 1.82) is 0 Å². The van der Waals surface area contributed by atoms with E-state index in [1.165, 1.54) is 18.4 Å². The number of nitrogens with zero attached hydrogens (tertiary/aromatic N) is 1. The predicted octanol–water partition coefficient (Wildman–Crippen LogP) is 2.96. The molecule has 0 saturated heterocycles. The number of benzene rings is 1. The maximum atomic E-state index is 12.0. The summed E-state index contributed by atoms with van der Waals surface area (Å²) < 4.78 is 0. The first-order valence-electron chi connectivity index (χ1n) is 7.28. The summed E-state index contributed by atoms with van der Waals surface area (Å²) >= 11 is 1.55. The summed E-state index contributed by atoms with van der Waals surface area (Å²) in [7, 11) is 0. The summed E-state index contributed by atoms with van der Waals surface area (Å²) in [5, 5.41) is 8.84. The summed E-state index contributed by atoms with van der Waals surface area (Å²) in [6.45, 7) is 0.492. The van der Waals surface area contributed by atoms with Crippen LogP contribution in [0.25, 0.3) is 0 Å². The number of carbonyl (C=O) groups is 1. The standard InChI is InChI=1S/C16H19N3OS/c20-16(18-11-15-17-8-9-21-15)19-14(13-6-7-13)10-12-4-2-1-3-5-12/h1-5,8-9,13-14H,6-7,10-11H2,(H2,18,19,20). The second-order valence-electron chi connectivity index (χ2n) is 5.39. The Labute approximate surface area is 128 Å². The van der Waals surface area contributed by atoms with Crippen molar-refractivity contribution in [3.8, 4) is 0 Å². The molecular formula is C16H19N3OS. The molecule has 1 atom stereocenters. The second kappa shape index (κ2) is 6.72. The van der Waals surface area contributed by atoms with Crippen LogP contribution in [0.2, 0.25) is 0 Å². The van der Waals surface area contributed by atoms with Gasteiger partial charge in [0.05, 0.1) is 6.54 Å². The lowest BCUT2D eigenvalue weighted by atomic mass is 10.0. The molecule has 2 aromatic rings. The summed E-state index contributed by atoms with van der Waals surface area (Å²) in [6.07, 6.45) is 5.08. The van der Waals surface area contributed by atoms with Gasteiger partial charge in [-0.3, -0.25) is 0 Å². The van der Waals surface area contributed by atoms with E-state index in [0.717, 1.165) is 11.4 Å². The molecule has 1 aromatic heterocycles. The van der Waals surface area contributed by atoms with E-state index in [9.17, 15) is 4.79 Å². The number of hydrogen-bond acceptors (Lipinski definition) is 3. The molecule has 1 aliphatic rings. The van der Waals surface area contributed by atoms with Crippen molar-refractivity contribution < 1.29 is 4.79 Å². The Bertz CT molecular complexity index is 566. The largest absolute Gasteiger partial charge is 0.335 e. The van der Waals surface area contributed by atoms with Gasteiger partial charge in [0, 0.05) is 17.6 Å². The van der Waals surface area contributed by atoms with E-state index in [2.05, 4.69) is 27.8 Å². The van der Waals surface area contributed by atoms with Crippen molar-refractivity contribution in [3.05, 3.63) is 52.5 Å². The zero-order valence-corrected chi connectivity index (χ0v) is 12.6. The lowest BCUT2D eigenvalue weighted by Gasteiger charge is -2.18. The average Bonchev–Trinajstić information content (AvgIpc) is 3.22. The molecule has 0 aliphatic heterocycles. The molecule has 1 fully saturated rings. The van der Waals surface area contributed by atoms with Gasteiger partial charge >= 0.3 is 6.03 Å². The van der Waals surface area contributed by atoms with Gasteiger partial charge in [-0.15, -0.1) is 11.3 Å². The molecule has 1 aromatic carbocycles. The fraction of sp³-hybridized carbons (Fsp3) is 0.375. The number of rotatable bonds is 6. The number of urea groups is 1. The van der Waals surface area contributed by atoms with Gasteiger partial charge in [0.1, 0.15) is 5.01 Å². The van der Waals surface area contributed by atoms with Crippen molar-refractivity contribution in [3.63, 3.8) is 0 Å². The molecule has 4 nitrogen and oxygen atoms in total. The van der Waals surface area contributed by atoms with Crippen molar-refractivity contribution in [1.82, 2.24) is 15.6 Å². The van der Waals surface area contributed by atoms with Gasteiger partial charge in [-0.05, 0) is 30.7 Å². The number of hydrogen-bond donors (Lipinski definition) is 2. The van der Waals surface area contributed by atoms with Crippen molar-refractivity contribution in [2.75, 3.05) is 0 Å². The maximum absolute atomic E-state index is 12.0. The van der Waals surface area contributed by atoms with Crippen LogP contribution in [0.1, 0.15) is 23.4 Å². The lowest BCUT2D eigenvalue weighted by Crippen LogP contribution is -2.44. The highest BCUT2D eigenvalue weighted by atomic mass is 32.1. The van der Waals surface area contributed by atoms with Crippen molar-refractivity contribution >= 4 is 17.4 Å². The maximum Gasteiger partial charge on any atom is 0.315 e. The van der Waals surface area contributed by atoms with Crippen LogP contribution in [0.15, 0.2) is 41.9 Å². The Hall–Kier alpha value is -1.88. The summed E-state index contributed by atoms with van der Waals surface area (Å²) in [6, 6.07) is 10.5. The minimum absolute atomic E-state index is 0.0990. The van der Waals surface area contributed by atoms with Gasteiger partial charge in [0.25, 0.3) is 0 Å². The van der Waals surface area contributed by atoms with Crippen molar-refractivity contribution in [2.24, 2.45) is 5.92 Å². The van der Waals surface area contributed by atoms with Crippen LogP contribution in [0.3, 0.4) is 0 Å². The van der Waals surface area contributed by atoms with E-state index in [4.69, 9.17) is 0 Å². The van der Waals surface area contributed by atoms with Gasteiger partial charge in [-0.2, -0.15) is 0 Å². The van der Waals surface area contributed by atoms with Gasteiger partial charge in [0.15, 0.2) is 0 Å². The zero-order valence-electron chi connectivity index (χ0n) is 11.8. The Morgan fingerprint density at radius 3 is 2.81 bits per heavy atom. The molecule has 1 aliphatic carbocycles. The second-order valence-corrected chi connectivity index (χ2v) is 6.37. The summed E-state index contributed by atoms with van der Waals surface area (Å²) in [5.74, 6) is 0.621. The topological polar surface area (TPSA) is 54.0 Å². The minimum Gasteiger partial charge on any atom is -0.335 e. The number of aromatic nitrogens is 1. The van der Waals surface area contributed by atoms with Gasteiger partial charge in [-0.25, -0.2) is 9.78 Å². The lowest BCUT2D eigenvalue weighted by molar-refractivity contribution is 0.235. The smallest absolute Gasteiger partial charge is 0.315 e. The highest BCUT2D eigenvalue weighted by Gasteiger charge is 2.32. The third kappa shape index (κ3) is 4.29. The normalized spacial score (nSPS) is 15.4. The first-order chi connectivity index (χ1) is 10.3. The molecule has 0 bridgehead atoms. The molecule has 110 valence electrons. The molecule has 21 heavy (non-hydrogen) atoms. The highest BCUT2D eigenvalue weighted by Crippen LogP contribution is 2.34. The molecule has 1 heterocycles. The predicted molar refractivity (Wildman–Crippen MR) is 84.1 cm³/mol. The molecule has 2 N–H and O–H groups in total. The average molecular weight is 301 g/mol. The third-order valence-electron chi connectivity index (χ3n) is 3.69. The van der Waals surface area contributed by atoms with Crippen LogP contribution >= 0.6 is 11.3 Å². The molecule has 1 saturated carbocycles. The van der Waals surface area contributed by atoms with Crippen LogP contribution in [0.4, 0.5) is 4.79 Å². The highest BCUT2D eigenvalue weighted by molar-refractivity contribution is 7.09. The molecule has 2 amide bonds. The van der Waals surface area contributed by atoms with E-state index in [1.54, 1.807) is 17.5 Å². The Balaban J connectivity index is 1.51. The van der Waals surface area contributed by atoms with Gasteiger partial charge < -0.3 is 10.6 Å². The number of carbonyl (C=O) groups excluding carboxylic acids is 1. The molecule has 0 radical (unpaired) electrons. The van der Waals surface area contributed by atoms with E-state index in [1.807, 2.05) is 23.6 Å². The minimum atomic E-state index is -0.0990. The van der Waals surface area contributed by atoms with E-state index >= 15 is 0 Å². The Kier molecular flexibility index (Phi) is 4.50. The molecule has 5 heteroatoms. The third-order valence-corrected chi connectivity index (χ3v) is 4.47. The van der Waals surface area contributed by atoms with Gasteiger partial charge in [0.2, 0.25) is 0 Å². The van der Waals surface area contributed by atoms with Crippen LogP contribution in [-0.2, 0) is 13.0 Å². The SMILES string of the molecule is O=C(NCc1nccs1)NC(Cc1ccccc1)C1CC1. The zero-order chi connectivity index (χ0) is 14.5. The summed E-state index contributed by atoms with van der Waals surface area (Å²) in [4.78, 5) is 16.2. The molecule has 1 unspecified atom stereocenters. The number of thiazole rings is 1.